The molecule has 0 spiro atoms. The highest BCUT2D eigenvalue weighted by molar-refractivity contribution is 5.81. The second-order valence-electron chi connectivity index (χ2n) is 5.50. The van der Waals surface area contributed by atoms with Crippen molar-refractivity contribution in [2.75, 3.05) is 5.43 Å². The Kier molecular flexibility index (Phi) is 3.91. The molecule has 0 saturated heterocycles. The predicted octanol–water partition coefficient (Wildman–Crippen LogP) is 2.65. The molecule has 4 rings (SSSR count). The molecule has 2 heterocycles. The van der Waals surface area contributed by atoms with E-state index in [1.54, 1.807) is 22.7 Å². The lowest BCUT2D eigenvalue weighted by Gasteiger charge is -2.02. The fraction of sp³-hybridized carbons (Fsp3) is 0. The van der Waals surface area contributed by atoms with Crippen molar-refractivity contribution < 1.29 is 10.2 Å². The lowest BCUT2D eigenvalue weighted by atomic mass is 10.2. The summed E-state index contributed by atoms with van der Waals surface area (Å²) in [5.41, 5.74) is 4.99. The van der Waals surface area contributed by atoms with Gasteiger partial charge in [0.2, 0.25) is 0 Å². The van der Waals surface area contributed by atoms with E-state index in [1.165, 1.54) is 18.3 Å². The zero-order chi connectivity index (χ0) is 17.9. The lowest BCUT2D eigenvalue weighted by molar-refractivity contribution is 0.403. The Bertz CT molecular complexity index is 1090. The van der Waals surface area contributed by atoms with E-state index in [-0.39, 0.29) is 11.5 Å². The second kappa shape index (κ2) is 6.52. The first kappa shape index (κ1) is 15.6. The predicted molar refractivity (Wildman–Crippen MR) is 97.2 cm³/mol. The van der Waals surface area contributed by atoms with Gasteiger partial charge in [-0.2, -0.15) is 9.62 Å². The maximum absolute atomic E-state index is 9.49. The van der Waals surface area contributed by atoms with E-state index in [4.69, 9.17) is 0 Å². The number of fused-ring (bicyclic) bond motifs is 1. The lowest BCUT2D eigenvalue weighted by Crippen LogP contribution is -2.00. The SMILES string of the molecule is Oc1ccc(/C=N\Nc2ccc3nnc(-c4ccccc4)n3n2)cc1O. The van der Waals surface area contributed by atoms with Gasteiger partial charge in [-0.15, -0.1) is 15.3 Å². The number of anilines is 1. The molecule has 0 saturated carbocycles. The molecule has 8 nitrogen and oxygen atoms in total. The van der Waals surface area contributed by atoms with Gasteiger partial charge >= 0.3 is 0 Å². The molecule has 4 aromatic rings. The molecule has 0 aliphatic carbocycles. The number of aromatic nitrogens is 4. The van der Waals surface area contributed by atoms with E-state index in [1.807, 2.05) is 30.3 Å². The Morgan fingerprint density at radius 2 is 1.77 bits per heavy atom. The van der Waals surface area contributed by atoms with Gasteiger partial charge in [-0.25, -0.2) is 0 Å². The van der Waals surface area contributed by atoms with Crippen LogP contribution < -0.4 is 5.43 Å². The van der Waals surface area contributed by atoms with E-state index in [9.17, 15) is 10.2 Å². The van der Waals surface area contributed by atoms with E-state index < -0.39 is 0 Å². The van der Waals surface area contributed by atoms with Crippen LogP contribution in [0.3, 0.4) is 0 Å². The minimum Gasteiger partial charge on any atom is -0.504 e. The smallest absolute Gasteiger partial charge is 0.185 e. The van der Waals surface area contributed by atoms with Gasteiger partial charge in [0.05, 0.1) is 6.21 Å². The van der Waals surface area contributed by atoms with Gasteiger partial charge in [-0.05, 0) is 35.9 Å². The average Bonchev–Trinajstić information content (AvgIpc) is 3.09. The number of hydrogen-bond acceptors (Lipinski definition) is 7. The molecule has 0 aliphatic rings. The molecule has 0 amide bonds. The highest BCUT2D eigenvalue weighted by Crippen LogP contribution is 2.24. The van der Waals surface area contributed by atoms with Gasteiger partial charge in [0.25, 0.3) is 0 Å². The molecular weight excluding hydrogens is 332 g/mol. The van der Waals surface area contributed by atoms with Gasteiger partial charge < -0.3 is 10.2 Å². The summed E-state index contributed by atoms with van der Waals surface area (Å²) in [5.74, 6) is 0.763. The van der Waals surface area contributed by atoms with Crippen LogP contribution in [0.4, 0.5) is 5.82 Å². The standard InChI is InChI=1S/C18H14N6O2/c25-14-7-6-12(10-15(14)26)11-19-20-16-8-9-17-21-22-18(24(17)23-16)13-4-2-1-3-5-13/h1-11,25-26H,(H,20,23)/b19-11-. The van der Waals surface area contributed by atoms with Crippen molar-refractivity contribution in [3.63, 3.8) is 0 Å². The number of nitrogens with zero attached hydrogens (tertiary/aromatic N) is 5. The molecule has 0 unspecified atom stereocenters. The number of hydrogen-bond donors (Lipinski definition) is 3. The normalized spacial score (nSPS) is 11.2. The highest BCUT2D eigenvalue weighted by atomic mass is 16.3. The maximum atomic E-state index is 9.49. The Hall–Kier alpha value is -3.94. The van der Waals surface area contributed by atoms with Crippen LogP contribution in [0, 0.1) is 0 Å². The number of rotatable bonds is 4. The summed E-state index contributed by atoms with van der Waals surface area (Å²) in [5, 5.41) is 35.6. The monoisotopic (exact) mass is 346 g/mol. The third-order valence-corrected chi connectivity index (χ3v) is 3.69. The van der Waals surface area contributed by atoms with E-state index in [0.717, 1.165) is 5.56 Å². The van der Waals surface area contributed by atoms with Crippen LogP contribution in [-0.2, 0) is 0 Å². The summed E-state index contributed by atoms with van der Waals surface area (Å²) >= 11 is 0. The van der Waals surface area contributed by atoms with Gasteiger partial charge in [0, 0.05) is 5.56 Å². The van der Waals surface area contributed by atoms with Crippen molar-refractivity contribution in [3.8, 4) is 22.9 Å². The van der Waals surface area contributed by atoms with Gasteiger partial charge in [0.15, 0.2) is 28.8 Å². The number of phenols is 2. The number of aromatic hydroxyl groups is 2. The Labute approximate surface area is 148 Å². The van der Waals surface area contributed by atoms with E-state index >= 15 is 0 Å². The first-order valence-corrected chi connectivity index (χ1v) is 7.80. The summed E-state index contributed by atoms with van der Waals surface area (Å²) in [4.78, 5) is 0. The largest absolute Gasteiger partial charge is 0.504 e. The summed E-state index contributed by atoms with van der Waals surface area (Å²) in [7, 11) is 0. The first-order valence-electron chi connectivity index (χ1n) is 7.80. The molecule has 0 fully saturated rings. The number of hydrazone groups is 1. The Morgan fingerprint density at radius 3 is 2.58 bits per heavy atom. The van der Waals surface area contributed by atoms with Crippen molar-refractivity contribution in [2.45, 2.75) is 0 Å². The zero-order valence-electron chi connectivity index (χ0n) is 13.5. The van der Waals surface area contributed by atoms with Crippen molar-refractivity contribution >= 4 is 17.7 Å². The first-order chi connectivity index (χ1) is 12.7. The maximum Gasteiger partial charge on any atom is 0.185 e. The molecule has 0 radical (unpaired) electrons. The minimum absolute atomic E-state index is 0.178. The highest BCUT2D eigenvalue weighted by Gasteiger charge is 2.09. The van der Waals surface area contributed by atoms with Crippen LogP contribution in [-0.4, -0.2) is 36.2 Å². The molecule has 2 aromatic heterocycles. The Morgan fingerprint density at radius 1 is 0.923 bits per heavy atom. The van der Waals surface area contributed by atoms with Crippen molar-refractivity contribution in [1.29, 1.82) is 0 Å². The minimum atomic E-state index is -0.203. The Balaban J connectivity index is 1.59. The zero-order valence-corrected chi connectivity index (χ0v) is 13.5. The molecular formula is C18H14N6O2. The quantitative estimate of drug-likeness (QED) is 0.298. The third kappa shape index (κ3) is 3.03. The summed E-state index contributed by atoms with van der Waals surface area (Å²) in [6, 6.07) is 17.6. The summed E-state index contributed by atoms with van der Waals surface area (Å²) in [6.07, 6.45) is 1.51. The van der Waals surface area contributed by atoms with E-state index in [2.05, 4.69) is 25.8 Å². The molecule has 8 heteroatoms. The molecule has 0 bridgehead atoms. The average molecular weight is 346 g/mol. The molecule has 0 atom stereocenters. The topological polar surface area (TPSA) is 108 Å². The number of nitrogens with one attached hydrogen (secondary N) is 1. The van der Waals surface area contributed by atoms with Crippen LogP contribution in [0.2, 0.25) is 0 Å². The number of phenolic OH excluding ortho intramolecular Hbond substituents is 2. The summed E-state index contributed by atoms with van der Waals surface area (Å²) < 4.78 is 1.64. The van der Waals surface area contributed by atoms with Crippen LogP contribution in [0.1, 0.15) is 5.56 Å². The molecule has 2 aromatic carbocycles. The van der Waals surface area contributed by atoms with Gasteiger partial charge in [-0.3, -0.25) is 5.43 Å². The fourth-order valence-corrected chi connectivity index (χ4v) is 2.41. The van der Waals surface area contributed by atoms with Crippen molar-refractivity contribution in [1.82, 2.24) is 19.8 Å². The van der Waals surface area contributed by atoms with Gasteiger partial charge in [-0.1, -0.05) is 30.3 Å². The molecule has 26 heavy (non-hydrogen) atoms. The van der Waals surface area contributed by atoms with Crippen LogP contribution in [0.25, 0.3) is 17.0 Å². The van der Waals surface area contributed by atoms with Crippen molar-refractivity contribution in [2.24, 2.45) is 5.10 Å². The van der Waals surface area contributed by atoms with E-state index in [0.29, 0.717) is 22.9 Å². The molecule has 3 N–H and O–H groups in total. The van der Waals surface area contributed by atoms with Crippen LogP contribution in [0.15, 0.2) is 65.8 Å². The van der Waals surface area contributed by atoms with Crippen molar-refractivity contribution in [3.05, 3.63) is 66.2 Å². The number of benzene rings is 2. The fourth-order valence-electron chi connectivity index (χ4n) is 2.41. The van der Waals surface area contributed by atoms with Crippen LogP contribution >= 0.6 is 0 Å². The van der Waals surface area contributed by atoms with Crippen LogP contribution in [0.5, 0.6) is 11.5 Å². The summed E-state index contributed by atoms with van der Waals surface area (Å²) in [6.45, 7) is 0. The third-order valence-electron chi connectivity index (χ3n) is 3.69. The second-order valence-corrected chi connectivity index (χ2v) is 5.50. The van der Waals surface area contributed by atoms with Gasteiger partial charge in [0.1, 0.15) is 0 Å². The molecule has 128 valence electrons. The molecule has 0 aliphatic heterocycles.